The lowest BCUT2D eigenvalue weighted by Crippen LogP contribution is -2.29. The highest BCUT2D eigenvalue weighted by molar-refractivity contribution is 7.85. The average molecular weight is 279 g/mol. The van der Waals surface area contributed by atoms with Gasteiger partial charge in [0.05, 0.1) is 10.8 Å². The minimum absolute atomic E-state index is 0.635. The molecule has 0 aromatic heterocycles. The van der Waals surface area contributed by atoms with Gasteiger partial charge in [0.1, 0.15) is 0 Å². The van der Waals surface area contributed by atoms with E-state index in [2.05, 4.69) is 31.3 Å². The maximum Gasteiger partial charge on any atom is 0.0532 e. The molecule has 3 unspecified atom stereocenters. The summed E-state index contributed by atoms with van der Waals surface area (Å²) in [7, 11) is 1.20. The fraction of sp³-hybridized carbons (Fsp3) is 0.625. The zero-order chi connectivity index (χ0) is 13.8. The van der Waals surface area contributed by atoms with E-state index in [4.69, 9.17) is 0 Å². The lowest BCUT2D eigenvalue weighted by atomic mass is 10.0. The predicted octanol–water partition coefficient (Wildman–Crippen LogP) is 3.19. The molecule has 3 atom stereocenters. The van der Waals surface area contributed by atoms with Crippen LogP contribution in [0.1, 0.15) is 36.8 Å². The first kappa shape index (κ1) is 14.7. The van der Waals surface area contributed by atoms with Crippen molar-refractivity contribution in [3.05, 3.63) is 29.3 Å². The number of rotatable bonds is 5. The first-order valence-corrected chi connectivity index (χ1v) is 8.56. The molecule has 0 saturated heterocycles. The van der Waals surface area contributed by atoms with Gasteiger partial charge in [-0.2, -0.15) is 0 Å². The standard InChI is InChI=1S/C16H25NOS/c1-12-7-8-16(13(2)11-12)19(18)10-9-14-5-4-6-15(14)17-3/h7-8,11,14-15,17H,4-6,9-10H2,1-3H3. The summed E-state index contributed by atoms with van der Waals surface area (Å²) in [5.41, 5.74) is 2.40. The molecule has 0 radical (unpaired) electrons. The van der Waals surface area contributed by atoms with Gasteiger partial charge in [0.15, 0.2) is 0 Å². The summed E-state index contributed by atoms with van der Waals surface area (Å²) in [6.07, 6.45) is 4.95. The molecule has 0 spiro atoms. The van der Waals surface area contributed by atoms with Gasteiger partial charge in [-0.1, -0.05) is 24.1 Å². The number of hydrogen-bond acceptors (Lipinski definition) is 2. The monoisotopic (exact) mass is 279 g/mol. The molecule has 1 aliphatic rings. The summed E-state index contributed by atoms with van der Waals surface area (Å²) in [4.78, 5) is 1.02. The van der Waals surface area contributed by atoms with Crippen molar-refractivity contribution in [2.45, 2.75) is 50.5 Å². The smallest absolute Gasteiger partial charge is 0.0532 e. The first-order valence-electron chi connectivity index (χ1n) is 7.24. The van der Waals surface area contributed by atoms with E-state index in [-0.39, 0.29) is 0 Å². The topological polar surface area (TPSA) is 29.1 Å². The summed E-state index contributed by atoms with van der Waals surface area (Å²) >= 11 is 0. The molecule has 0 amide bonds. The van der Waals surface area contributed by atoms with Crippen LogP contribution >= 0.6 is 0 Å². The van der Waals surface area contributed by atoms with Crippen LogP contribution in [0.25, 0.3) is 0 Å². The van der Waals surface area contributed by atoms with Crippen molar-refractivity contribution >= 4 is 10.8 Å². The Hall–Kier alpha value is -0.670. The maximum absolute atomic E-state index is 12.4. The van der Waals surface area contributed by atoms with E-state index in [0.29, 0.717) is 12.0 Å². The highest BCUT2D eigenvalue weighted by Crippen LogP contribution is 2.29. The molecule has 1 saturated carbocycles. The molecular weight excluding hydrogens is 254 g/mol. The second kappa shape index (κ2) is 6.67. The fourth-order valence-electron chi connectivity index (χ4n) is 3.19. The quantitative estimate of drug-likeness (QED) is 0.897. The Morgan fingerprint density at radius 1 is 1.32 bits per heavy atom. The second-order valence-electron chi connectivity index (χ2n) is 5.69. The Labute approximate surface area is 119 Å². The van der Waals surface area contributed by atoms with Crippen LogP contribution in [0, 0.1) is 19.8 Å². The van der Waals surface area contributed by atoms with Gasteiger partial charge in [-0.25, -0.2) is 0 Å². The Morgan fingerprint density at radius 2 is 2.11 bits per heavy atom. The third kappa shape index (κ3) is 3.67. The summed E-state index contributed by atoms with van der Waals surface area (Å²) < 4.78 is 12.4. The lowest BCUT2D eigenvalue weighted by Gasteiger charge is -2.18. The summed E-state index contributed by atoms with van der Waals surface area (Å²) in [5.74, 6) is 1.51. The summed E-state index contributed by atoms with van der Waals surface area (Å²) in [6.45, 7) is 4.14. The maximum atomic E-state index is 12.4. The largest absolute Gasteiger partial charge is 0.317 e. The van der Waals surface area contributed by atoms with Crippen LogP contribution in [0.15, 0.2) is 23.1 Å². The molecule has 2 rings (SSSR count). The minimum Gasteiger partial charge on any atom is -0.317 e. The van der Waals surface area contributed by atoms with Crippen LogP contribution in [-0.4, -0.2) is 23.1 Å². The van der Waals surface area contributed by atoms with Gasteiger partial charge >= 0.3 is 0 Å². The molecule has 0 heterocycles. The second-order valence-corrected chi connectivity index (χ2v) is 7.23. The predicted molar refractivity (Wildman–Crippen MR) is 82.0 cm³/mol. The first-order chi connectivity index (χ1) is 9.11. The van der Waals surface area contributed by atoms with Crippen LogP contribution in [0.5, 0.6) is 0 Å². The molecule has 1 aromatic rings. The molecule has 19 heavy (non-hydrogen) atoms. The van der Waals surface area contributed by atoms with Gasteiger partial charge in [0, 0.05) is 16.7 Å². The Kier molecular flexibility index (Phi) is 5.17. The fourth-order valence-corrected chi connectivity index (χ4v) is 4.56. The average Bonchev–Trinajstić information content (AvgIpc) is 2.83. The van der Waals surface area contributed by atoms with Crippen LogP contribution in [-0.2, 0) is 10.8 Å². The summed E-state index contributed by atoms with van der Waals surface area (Å²) in [5, 5.41) is 3.40. The van der Waals surface area contributed by atoms with Crippen molar-refractivity contribution < 1.29 is 4.21 Å². The Morgan fingerprint density at radius 3 is 2.79 bits per heavy atom. The van der Waals surface area contributed by atoms with Crippen molar-refractivity contribution in [2.75, 3.05) is 12.8 Å². The van der Waals surface area contributed by atoms with Gasteiger partial charge in [-0.05, 0) is 57.7 Å². The highest BCUT2D eigenvalue weighted by atomic mass is 32.2. The van der Waals surface area contributed by atoms with Crippen molar-refractivity contribution in [3.8, 4) is 0 Å². The Bertz CT molecular complexity index is 458. The molecule has 1 aromatic carbocycles. The van der Waals surface area contributed by atoms with E-state index >= 15 is 0 Å². The highest BCUT2D eigenvalue weighted by Gasteiger charge is 2.26. The van der Waals surface area contributed by atoms with Crippen molar-refractivity contribution in [3.63, 3.8) is 0 Å². The third-order valence-corrected chi connectivity index (χ3v) is 5.83. The van der Waals surface area contributed by atoms with Crippen LogP contribution in [0.2, 0.25) is 0 Å². The molecule has 1 aliphatic carbocycles. The minimum atomic E-state index is -0.844. The van der Waals surface area contributed by atoms with E-state index in [1.54, 1.807) is 0 Å². The van der Waals surface area contributed by atoms with Gasteiger partial charge in [0.2, 0.25) is 0 Å². The van der Waals surface area contributed by atoms with E-state index in [1.165, 1.54) is 24.8 Å². The molecule has 3 heteroatoms. The van der Waals surface area contributed by atoms with E-state index in [1.807, 2.05) is 13.1 Å². The number of nitrogens with one attached hydrogen (secondary N) is 1. The van der Waals surface area contributed by atoms with Crippen molar-refractivity contribution in [1.29, 1.82) is 0 Å². The van der Waals surface area contributed by atoms with Crippen LogP contribution in [0.4, 0.5) is 0 Å². The molecule has 0 aliphatic heterocycles. The van der Waals surface area contributed by atoms with Crippen LogP contribution in [0.3, 0.4) is 0 Å². The van der Waals surface area contributed by atoms with Gasteiger partial charge < -0.3 is 5.32 Å². The zero-order valence-electron chi connectivity index (χ0n) is 12.2. The molecule has 2 nitrogen and oxygen atoms in total. The van der Waals surface area contributed by atoms with Gasteiger partial charge in [0.25, 0.3) is 0 Å². The number of aryl methyl sites for hydroxylation is 2. The molecule has 1 fully saturated rings. The lowest BCUT2D eigenvalue weighted by molar-refractivity contribution is 0.416. The SMILES string of the molecule is CNC1CCCC1CCS(=O)c1ccc(C)cc1C. The molecule has 1 N–H and O–H groups in total. The van der Waals surface area contributed by atoms with E-state index in [0.717, 1.165) is 22.6 Å². The molecular formula is C16H25NOS. The van der Waals surface area contributed by atoms with Gasteiger partial charge in [-0.3, -0.25) is 4.21 Å². The van der Waals surface area contributed by atoms with E-state index in [9.17, 15) is 4.21 Å². The Balaban J connectivity index is 1.94. The molecule has 106 valence electrons. The number of benzene rings is 1. The summed E-state index contributed by atoms with van der Waals surface area (Å²) in [6, 6.07) is 6.85. The van der Waals surface area contributed by atoms with Crippen molar-refractivity contribution in [2.24, 2.45) is 5.92 Å². The normalized spacial score (nSPS) is 24.6. The van der Waals surface area contributed by atoms with Crippen molar-refractivity contribution in [1.82, 2.24) is 5.32 Å². The van der Waals surface area contributed by atoms with E-state index < -0.39 is 10.8 Å². The number of hydrogen-bond donors (Lipinski definition) is 1. The third-order valence-electron chi connectivity index (χ3n) is 4.28. The van der Waals surface area contributed by atoms with Gasteiger partial charge in [-0.15, -0.1) is 0 Å². The molecule has 0 bridgehead atoms. The van der Waals surface area contributed by atoms with Crippen LogP contribution < -0.4 is 5.32 Å². The zero-order valence-corrected chi connectivity index (χ0v) is 13.1.